The van der Waals surface area contributed by atoms with Crippen molar-refractivity contribution in [2.75, 3.05) is 0 Å². The van der Waals surface area contributed by atoms with Crippen molar-refractivity contribution < 1.29 is 8.83 Å². The molecule has 1 aliphatic carbocycles. The Kier molecular flexibility index (Phi) is 5.39. The fourth-order valence-corrected chi connectivity index (χ4v) is 9.88. The molecule has 0 spiro atoms. The van der Waals surface area contributed by atoms with Crippen molar-refractivity contribution in [3.8, 4) is 44.5 Å². The fraction of sp³-hybridized carbons (Fsp3) is 0. The van der Waals surface area contributed by atoms with Crippen molar-refractivity contribution in [1.29, 1.82) is 0 Å². The molecule has 2 heterocycles. The van der Waals surface area contributed by atoms with E-state index < -0.39 is 0 Å². The van der Waals surface area contributed by atoms with Gasteiger partial charge in [-0.05, 0) is 113 Å². The van der Waals surface area contributed by atoms with E-state index in [9.17, 15) is 0 Å². The van der Waals surface area contributed by atoms with Crippen LogP contribution < -0.4 is 0 Å². The Bertz CT molecular complexity index is 3520. The summed E-state index contributed by atoms with van der Waals surface area (Å²) in [5, 5.41) is 14.5. The molecule has 54 heavy (non-hydrogen) atoms. The van der Waals surface area contributed by atoms with Crippen LogP contribution in [0.1, 0.15) is 0 Å². The van der Waals surface area contributed by atoms with Gasteiger partial charge in [-0.2, -0.15) is 0 Å². The molecule has 248 valence electrons. The van der Waals surface area contributed by atoms with Crippen molar-refractivity contribution in [3.63, 3.8) is 0 Å². The van der Waals surface area contributed by atoms with Crippen LogP contribution in [0.4, 0.5) is 0 Å². The molecular weight excluding hydrogens is 657 g/mol. The lowest BCUT2D eigenvalue weighted by molar-refractivity contribution is 0.669. The lowest BCUT2D eigenvalue weighted by Crippen LogP contribution is -1.92. The summed E-state index contributed by atoms with van der Waals surface area (Å²) in [6, 6.07) is 61.8. The average Bonchev–Trinajstić information content (AvgIpc) is 3.77. The highest BCUT2D eigenvalue weighted by molar-refractivity contribution is 6.38. The van der Waals surface area contributed by atoms with Crippen LogP contribution in [0.5, 0.6) is 0 Å². The lowest BCUT2D eigenvalue weighted by atomic mass is 9.83. The minimum Gasteiger partial charge on any atom is -0.456 e. The van der Waals surface area contributed by atoms with Gasteiger partial charge in [-0.3, -0.25) is 0 Å². The van der Waals surface area contributed by atoms with Gasteiger partial charge in [-0.1, -0.05) is 140 Å². The van der Waals surface area contributed by atoms with Crippen LogP contribution in [-0.4, -0.2) is 0 Å². The summed E-state index contributed by atoms with van der Waals surface area (Å²) < 4.78 is 13.3. The predicted molar refractivity (Wildman–Crippen MR) is 226 cm³/mol. The Balaban J connectivity index is 1.15. The molecule has 0 bridgehead atoms. The third-order valence-corrected chi connectivity index (χ3v) is 12.0. The van der Waals surface area contributed by atoms with Crippen LogP contribution in [0, 0.1) is 0 Å². The molecule has 0 unspecified atom stereocenters. The quantitative estimate of drug-likeness (QED) is 0.173. The molecule has 0 saturated heterocycles. The van der Waals surface area contributed by atoms with E-state index in [2.05, 4.69) is 170 Å². The Morgan fingerprint density at radius 3 is 1.39 bits per heavy atom. The third-order valence-electron chi connectivity index (χ3n) is 12.0. The monoisotopic (exact) mass is 684 g/mol. The van der Waals surface area contributed by atoms with Gasteiger partial charge >= 0.3 is 0 Å². The maximum absolute atomic E-state index is 6.77. The van der Waals surface area contributed by atoms with Gasteiger partial charge in [-0.15, -0.1) is 0 Å². The van der Waals surface area contributed by atoms with E-state index in [-0.39, 0.29) is 0 Å². The van der Waals surface area contributed by atoms with Crippen molar-refractivity contribution in [3.05, 3.63) is 170 Å². The second kappa shape index (κ2) is 10.2. The SMILES string of the molecule is c1ccc(-c2c3ccccc3c(-c3ccc(-c4cc5oc6cccc7c6c5c5c4ccc4oc6cccc-7c6c45)c4ccccc34)c3ccccc23)cc1. The highest BCUT2D eigenvalue weighted by Gasteiger charge is 2.27. The van der Waals surface area contributed by atoms with Crippen molar-refractivity contribution >= 4 is 87.0 Å². The van der Waals surface area contributed by atoms with Crippen LogP contribution in [0.2, 0.25) is 0 Å². The van der Waals surface area contributed by atoms with Crippen LogP contribution in [0.3, 0.4) is 0 Å². The minimum atomic E-state index is 0.899. The summed E-state index contributed by atoms with van der Waals surface area (Å²) in [5.74, 6) is 0. The summed E-state index contributed by atoms with van der Waals surface area (Å²) in [6.45, 7) is 0. The van der Waals surface area contributed by atoms with Crippen molar-refractivity contribution in [2.45, 2.75) is 0 Å². The van der Waals surface area contributed by atoms with Gasteiger partial charge in [0.2, 0.25) is 0 Å². The zero-order valence-electron chi connectivity index (χ0n) is 29.0. The van der Waals surface area contributed by atoms with Gasteiger partial charge in [0.05, 0.1) is 0 Å². The first kappa shape index (κ1) is 28.4. The molecule has 0 aliphatic heterocycles. The molecule has 12 aromatic rings. The number of hydrogen-bond donors (Lipinski definition) is 0. The molecule has 0 amide bonds. The Hall–Kier alpha value is -7.16. The number of furan rings is 2. The largest absolute Gasteiger partial charge is 0.456 e. The van der Waals surface area contributed by atoms with E-state index in [1.165, 1.54) is 104 Å². The molecule has 0 N–H and O–H groups in total. The second-order valence-electron chi connectivity index (χ2n) is 14.6. The lowest BCUT2D eigenvalue weighted by Gasteiger charge is -2.20. The van der Waals surface area contributed by atoms with Crippen LogP contribution in [0.15, 0.2) is 179 Å². The maximum Gasteiger partial charge on any atom is 0.136 e. The van der Waals surface area contributed by atoms with Gasteiger partial charge in [0.1, 0.15) is 22.3 Å². The van der Waals surface area contributed by atoms with Gasteiger partial charge in [0, 0.05) is 26.9 Å². The topological polar surface area (TPSA) is 26.3 Å². The van der Waals surface area contributed by atoms with Crippen molar-refractivity contribution in [1.82, 2.24) is 0 Å². The van der Waals surface area contributed by atoms with E-state index in [0.717, 1.165) is 27.9 Å². The van der Waals surface area contributed by atoms with E-state index in [1.807, 2.05) is 0 Å². The van der Waals surface area contributed by atoms with Crippen LogP contribution in [-0.2, 0) is 0 Å². The number of fused-ring (bicyclic) bond motifs is 4. The van der Waals surface area contributed by atoms with E-state index >= 15 is 0 Å². The Labute approximate surface area is 309 Å². The molecule has 2 aromatic heterocycles. The van der Waals surface area contributed by atoms with E-state index in [4.69, 9.17) is 8.83 Å². The molecule has 1 aliphatic rings. The highest BCUT2D eigenvalue weighted by atomic mass is 16.3. The van der Waals surface area contributed by atoms with Crippen molar-refractivity contribution in [2.24, 2.45) is 0 Å². The molecule has 0 fully saturated rings. The summed E-state index contributed by atoms with van der Waals surface area (Å²) in [5.41, 5.74) is 13.4. The summed E-state index contributed by atoms with van der Waals surface area (Å²) in [4.78, 5) is 0. The Morgan fingerprint density at radius 2 is 0.741 bits per heavy atom. The minimum absolute atomic E-state index is 0.899. The molecule has 0 atom stereocenters. The van der Waals surface area contributed by atoms with E-state index in [0.29, 0.717) is 0 Å². The first-order valence-corrected chi connectivity index (χ1v) is 18.6. The summed E-state index contributed by atoms with van der Waals surface area (Å²) >= 11 is 0. The van der Waals surface area contributed by atoms with Gasteiger partial charge < -0.3 is 8.83 Å². The summed E-state index contributed by atoms with van der Waals surface area (Å²) in [7, 11) is 0. The van der Waals surface area contributed by atoms with Crippen LogP contribution >= 0.6 is 0 Å². The third kappa shape index (κ3) is 3.55. The molecule has 13 rings (SSSR count). The zero-order valence-corrected chi connectivity index (χ0v) is 29.0. The normalized spacial score (nSPS) is 12.4. The van der Waals surface area contributed by atoms with Crippen LogP contribution in [0.25, 0.3) is 131 Å². The average molecular weight is 685 g/mol. The Morgan fingerprint density at radius 1 is 0.241 bits per heavy atom. The van der Waals surface area contributed by atoms with Gasteiger partial charge in [0.25, 0.3) is 0 Å². The number of hydrogen-bond acceptors (Lipinski definition) is 2. The smallest absolute Gasteiger partial charge is 0.136 e. The standard InChI is InChI=1S/C52H28O2/c1-2-12-29(13-3-1)46-33-16-6-8-18-35(33)47(36-19-9-7-17-34(36)46)39-25-24-32(30-14-4-5-15-31(30)39)41-28-45-52-49-38(21-11-23-43(49)54-45)37-20-10-22-42-48(37)51-44(53-42)27-26-40(41)50(51)52/h1-28H. The molecular formula is C52H28O2. The van der Waals surface area contributed by atoms with E-state index in [1.54, 1.807) is 0 Å². The predicted octanol–water partition coefficient (Wildman–Crippen LogP) is 15.1. The zero-order chi connectivity index (χ0) is 35.1. The molecule has 2 heteroatoms. The molecule has 2 nitrogen and oxygen atoms in total. The van der Waals surface area contributed by atoms with Gasteiger partial charge in [-0.25, -0.2) is 0 Å². The highest BCUT2D eigenvalue weighted by Crippen LogP contribution is 2.53. The maximum atomic E-state index is 6.77. The number of benzene rings is 10. The molecule has 10 aromatic carbocycles. The van der Waals surface area contributed by atoms with Gasteiger partial charge in [0.15, 0.2) is 0 Å². The second-order valence-corrected chi connectivity index (χ2v) is 14.6. The first-order chi connectivity index (χ1) is 26.8. The molecule has 0 radical (unpaired) electrons. The summed E-state index contributed by atoms with van der Waals surface area (Å²) in [6.07, 6.45) is 0. The first-order valence-electron chi connectivity index (χ1n) is 18.6. The molecule has 0 saturated carbocycles. The number of rotatable bonds is 3. The fourth-order valence-electron chi connectivity index (χ4n) is 9.88.